The van der Waals surface area contributed by atoms with Gasteiger partial charge in [0.05, 0.1) is 16.8 Å². The third-order valence-corrected chi connectivity index (χ3v) is 4.25. The lowest BCUT2D eigenvalue weighted by Crippen LogP contribution is -2.04. The number of halogens is 1. The maximum Gasteiger partial charge on any atom is 0.156 e. The van der Waals surface area contributed by atoms with Crippen LogP contribution in [-0.2, 0) is 6.42 Å². The number of ether oxygens (including phenoxy) is 1. The molecule has 0 unspecified atom stereocenters. The number of hydrogen-bond donors (Lipinski definition) is 1. The molecule has 0 atom stereocenters. The summed E-state index contributed by atoms with van der Waals surface area (Å²) in [7, 11) is 0. The highest BCUT2D eigenvalue weighted by atomic mass is 79.9. The van der Waals surface area contributed by atoms with E-state index in [9.17, 15) is 0 Å². The molecular formula is C20H18BrNO. The third kappa shape index (κ3) is 3.93. The van der Waals surface area contributed by atoms with Crippen molar-refractivity contribution in [2.75, 3.05) is 12.3 Å². The summed E-state index contributed by atoms with van der Waals surface area (Å²) in [5, 5.41) is 0. The average molecular weight is 368 g/mol. The summed E-state index contributed by atoms with van der Waals surface area (Å²) in [6.45, 7) is 0.595. The van der Waals surface area contributed by atoms with Crippen LogP contribution in [0.25, 0.3) is 11.1 Å². The molecule has 0 aromatic heterocycles. The van der Waals surface area contributed by atoms with Crippen LogP contribution >= 0.6 is 15.9 Å². The van der Waals surface area contributed by atoms with Gasteiger partial charge in [-0.25, -0.2) is 0 Å². The van der Waals surface area contributed by atoms with Crippen molar-refractivity contribution >= 4 is 21.6 Å². The van der Waals surface area contributed by atoms with Crippen molar-refractivity contribution in [1.29, 1.82) is 0 Å². The second-order valence-electron chi connectivity index (χ2n) is 5.33. The van der Waals surface area contributed by atoms with E-state index in [-0.39, 0.29) is 0 Å². The molecule has 0 saturated carbocycles. The van der Waals surface area contributed by atoms with E-state index in [0.717, 1.165) is 22.0 Å². The quantitative estimate of drug-likeness (QED) is 0.619. The van der Waals surface area contributed by atoms with Crippen molar-refractivity contribution in [2.24, 2.45) is 0 Å². The molecule has 0 aliphatic heterocycles. The Morgan fingerprint density at radius 3 is 2.13 bits per heavy atom. The molecule has 3 aromatic carbocycles. The molecular weight excluding hydrogens is 350 g/mol. The zero-order chi connectivity index (χ0) is 16.1. The Morgan fingerprint density at radius 2 is 1.48 bits per heavy atom. The molecule has 3 aromatic rings. The van der Waals surface area contributed by atoms with Gasteiger partial charge in [-0.1, -0.05) is 60.7 Å². The zero-order valence-electron chi connectivity index (χ0n) is 12.7. The van der Waals surface area contributed by atoms with Crippen LogP contribution in [0.4, 0.5) is 5.69 Å². The molecule has 23 heavy (non-hydrogen) atoms. The fourth-order valence-electron chi connectivity index (χ4n) is 2.48. The maximum absolute atomic E-state index is 6.18. The second kappa shape index (κ2) is 7.34. The number of rotatable bonds is 5. The summed E-state index contributed by atoms with van der Waals surface area (Å²) in [4.78, 5) is 0. The fraction of sp³-hybridized carbons (Fsp3) is 0.100. The Hall–Kier alpha value is -2.26. The average Bonchev–Trinajstić information content (AvgIpc) is 2.59. The highest BCUT2D eigenvalue weighted by Crippen LogP contribution is 2.36. The van der Waals surface area contributed by atoms with E-state index in [1.54, 1.807) is 0 Å². The van der Waals surface area contributed by atoms with Crippen LogP contribution in [0.5, 0.6) is 5.75 Å². The standard InChI is InChI=1S/C20H18BrNO/c21-18-13-17(16-9-5-2-6-10-16)14-19(22)20(18)23-12-11-15-7-3-1-4-8-15/h1-10,13-14H,11-12,22H2. The number of hydrogen-bond acceptors (Lipinski definition) is 2. The summed E-state index contributed by atoms with van der Waals surface area (Å²) >= 11 is 3.58. The van der Waals surface area contributed by atoms with Crippen molar-refractivity contribution in [3.8, 4) is 16.9 Å². The van der Waals surface area contributed by atoms with Gasteiger partial charge in [0.15, 0.2) is 5.75 Å². The van der Waals surface area contributed by atoms with Gasteiger partial charge in [-0.05, 0) is 44.8 Å². The van der Waals surface area contributed by atoms with E-state index in [1.165, 1.54) is 5.56 Å². The molecule has 2 N–H and O–H groups in total. The van der Waals surface area contributed by atoms with Gasteiger partial charge in [-0.3, -0.25) is 0 Å². The number of nitrogens with two attached hydrogens (primary N) is 1. The highest BCUT2D eigenvalue weighted by molar-refractivity contribution is 9.10. The molecule has 0 amide bonds. The fourth-order valence-corrected chi connectivity index (χ4v) is 3.07. The SMILES string of the molecule is Nc1cc(-c2ccccc2)cc(Br)c1OCCc1ccccc1. The molecule has 2 nitrogen and oxygen atoms in total. The van der Waals surface area contributed by atoms with Gasteiger partial charge in [0.25, 0.3) is 0 Å². The Kier molecular flexibility index (Phi) is 4.99. The molecule has 0 saturated heterocycles. The van der Waals surface area contributed by atoms with E-state index in [4.69, 9.17) is 10.5 Å². The topological polar surface area (TPSA) is 35.2 Å². The minimum Gasteiger partial charge on any atom is -0.490 e. The largest absolute Gasteiger partial charge is 0.490 e. The van der Waals surface area contributed by atoms with Crippen LogP contribution < -0.4 is 10.5 Å². The molecule has 0 heterocycles. The summed E-state index contributed by atoms with van der Waals surface area (Å²) in [6, 6.07) is 24.5. The van der Waals surface area contributed by atoms with Crippen LogP contribution in [0.3, 0.4) is 0 Å². The lowest BCUT2D eigenvalue weighted by atomic mass is 10.0. The monoisotopic (exact) mass is 367 g/mol. The summed E-state index contributed by atoms with van der Waals surface area (Å²) in [5.41, 5.74) is 10.3. The van der Waals surface area contributed by atoms with Crippen LogP contribution in [-0.4, -0.2) is 6.61 Å². The first-order chi connectivity index (χ1) is 11.2. The molecule has 0 radical (unpaired) electrons. The molecule has 0 spiro atoms. The minimum atomic E-state index is 0.595. The molecule has 0 bridgehead atoms. The van der Waals surface area contributed by atoms with Gasteiger partial charge >= 0.3 is 0 Å². The van der Waals surface area contributed by atoms with Crippen LogP contribution in [0.2, 0.25) is 0 Å². The van der Waals surface area contributed by atoms with E-state index in [0.29, 0.717) is 18.0 Å². The zero-order valence-corrected chi connectivity index (χ0v) is 14.3. The van der Waals surface area contributed by atoms with E-state index >= 15 is 0 Å². The van der Waals surface area contributed by atoms with Gasteiger partial charge in [-0.2, -0.15) is 0 Å². The van der Waals surface area contributed by atoms with Crippen LogP contribution in [0.15, 0.2) is 77.3 Å². The Labute approximate surface area is 145 Å². The summed E-state index contributed by atoms with van der Waals surface area (Å²) in [6.07, 6.45) is 0.854. The predicted molar refractivity (Wildman–Crippen MR) is 99.6 cm³/mol. The van der Waals surface area contributed by atoms with Crippen molar-refractivity contribution in [3.05, 3.63) is 82.8 Å². The van der Waals surface area contributed by atoms with Crippen molar-refractivity contribution in [3.63, 3.8) is 0 Å². The Balaban J connectivity index is 1.73. The van der Waals surface area contributed by atoms with E-state index < -0.39 is 0 Å². The van der Waals surface area contributed by atoms with Gasteiger partial charge < -0.3 is 10.5 Å². The normalized spacial score (nSPS) is 10.5. The van der Waals surface area contributed by atoms with E-state index in [1.807, 2.05) is 48.5 Å². The number of nitrogen functional groups attached to an aromatic ring is 1. The lowest BCUT2D eigenvalue weighted by molar-refractivity contribution is 0.322. The maximum atomic E-state index is 6.18. The molecule has 3 rings (SSSR count). The Bertz CT molecular complexity index is 749. The molecule has 0 fully saturated rings. The smallest absolute Gasteiger partial charge is 0.156 e. The summed E-state index contributed by atoms with van der Waals surface area (Å²) in [5.74, 6) is 0.709. The van der Waals surface area contributed by atoms with E-state index in [2.05, 4.69) is 40.2 Å². The highest BCUT2D eigenvalue weighted by Gasteiger charge is 2.09. The van der Waals surface area contributed by atoms with Gasteiger partial charge in [-0.15, -0.1) is 0 Å². The minimum absolute atomic E-state index is 0.595. The molecule has 3 heteroatoms. The van der Waals surface area contributed by atoms with Crippen LogP contribution in [0.1, 0.15) is 5.56 Å². The molecule has 0 aliphatic carbocycles. The van der Waals surface area contributed by atoms with Gasteiger partial charge in [0, 0.05) is 6.42 Å². The van der Waals surface area contributed by atoms with Crippen molar-refractivity contribution in [1.82, 2.24) is 0 Å². The second-order valence-corrected chi connectivity index (χ2v) is 6.18. The first-order valence-electron chi connectivity index (χ1n) is 7.55. The molecule has 116 valence electrons. The van der Waals surface area contributed by atoms with Gasteiger partial charge in [0.1, 0.15) is 0 Å². The van der Waals surface area contributed by atoms with Crippen molar-refractivity contribution < 1.29 is 4.74 Å². The number of benzene rings is 3. The first-order valence-corrected chi connectivity index (χ1v) is 8.34. The number of anilines is 1. The predicted octanol–water partition coefficient (Wildman–Crippen LogP) is 5.32. The Morgan fingerprint density at radius 1 is 0.826 bits per heavy atom. The lowest BCUT2D eigenvalue weighted by Gasteiger charge is -2.13. The molecule has 0 aliphatic rings. The third-order valence-electron chi connectivity index (χ3n) is 3.66. The van der Waals surface area contributed by atoms with Crippen LogP contribution in [0, 0.1) is 0 Å². The summed E-state index contributed by atoms with van der Waals surface area (Å²) < 4.78 is 6.77. The van der Waals surface area contributed by atoms with Crippen molar-refractivity contribution in [2.45, 2.75) is 6.42 Å². The van der Waals surface area contributed by atoms with Gasteiger partial charge in [0.2, 0.25) is 0 Å². The first kappa shape index (κ1) is 15.6.